The number of hydrogen-bond acceptors (Lipinski definition) is 2. The van der Waals surface area contributed by atoms with Crippen LogP contribution in [0.2, 0.25) is 0 Å². The third-order valence-electron chi connectivity index (χ3n) is 2.55. The van der Waals surface area contributed by atoms with E-state index in [4.69, 9.17) is 5.73 Å². The van der Waals surface area contributed by atoms with Gasteiger partial charge < -0.3 is 11.1 Å². The van der Waals surface area contributed by atoms with E-state index in [1.54, 1.807) is 6.92 Å². The molecule has 1 atom stereocenters. The largest absolute Gasteiger partial charge is 0.350 e. The number of amides is 1. The Hall–Kier alpha value is -1.35. The Kier molecular flexibility index (Phi) is 3.86. The molecule has 82 valence electrons. The summed E-state index contributed by atoms with van der Waals surface area (Å²) < 4.78 is 0. The number of benzene rings is 1. The van der Waals surface area contributed by atoms with Crippen LogP contribution in [0.25, 0.3) is 0 Å². The van der Waals surface area contributed by atoms with Crippen LogP contribution < -0.4 is 11.1 Å². The predicted octanol–water partition coefficient (Wildman–Crippen LogP) is 1.43. The van der Waals surface area contributed by atoms with E-state index in [9.17, 15) is 4.79 Å². The van der Waals surface area contributed by atoms with Crippen LogP contribution in [0.15, 0.2) is 30.3 Å². The van der Waals surface area contributed by atoms with Crippen LogP contribution in [0.3, 0.4) is 0 Å². The van der Waals surface area contributed by atoms with Crippen molar-refractivity contribution in [1.29, 1.82) is 0 Å². The first-order valence-electron chi connectivity index (χ1n) is 5.17. The molecule has 1 unspecified atom stereocenters. The van der Waals surface area contributed by atoms with Crippen LogP contribution in [0.4, 0.5) is 0 Å². The summed E-state index contributed by atoms with van der Waals surface area (Å²) in [6, 6.07) is 9.79. The third-order valence-corrected chi connectivity index (χ3v) is 2.55. The maximum Gasteiger partial charge on any atom is 0.240 e. The standard InChI is InChI=1S/C12H18N2O/c1-3-12(2,13)11(15)14-9-10-7-5-4-6-8-10/h4-8H,3,9,13H2,1-2H3,(H,14,15). The minimum atomic E-state index is -0.769. The van der Waals surface area contributed by atoms with Gasteiger partial charge in [0.25, 0.3) is 0 Å². The van der Waals surface area contributed by atoms with Crippen LogP contribution in [-0.4, -0.2) is 11.4 Å². The molecule has 1 amide bonds. The van der Waals surface area contributed by atoms with Gasteiger partial charge in [0, 0.05) is 6.54 Å². The quantitative estimate of drug-likeness (QED) is 0.783. The van der Waals surface area contributed by atoms with Gasteiger partial charge in [-0.25, -0.2) is 0 Å². The van der Waals surface area contributed by atoms with Crippen molar-refractivity contribution in [3.63, 3.8) is 0 Å². The van der Waals surface area contributed by atoms with E-state index in [-0.39, 0.29) is 5.91 Å². The molecule has 0 spiro atoms. The van der Waals surface area contributed by atoms with Crippen molar-refractivity contribution in [2.24, 2.45) is 5.73 Å². The molecule has 0 saturated carbocycles. The molecule has 0 bridgehead atoms. The van der Waals surface area contributed by atoms with Gasteiger partial charge >= 0.3 is 0 Å². The molecule has 3 N–H and O–H groups in total. The minimum Gasteiger partial charge on any atom is -0.350 e. The van der Waals surface area contributed by atoms with Crippen LogP contribution >= 0.6 is 0 Å². The minimum absolute atomic E-state index is 0.103. The number of nitrogens with two attached hydrogens (primary N) is 1. The fourth-order valence-electron chi connectivity index (χ4n) is 1.14. The predicted molar refractivity (Wildman–Crippen MR) is 61.2 cm³/mol. The van der Waals surface area contributed by atoms with E-state index in [1.165, 1.54) is 0 Å². The van der Waals surface area contributed by atoms with Crippen molar-refractivity contribution in [3.8, 4) is 0 Å². The van der Waals surface area contributed by atoms with E-state index >= 15 is 0 Å². The summed E-state index contributed by atoms with van der Waals surface area (Å²) >= 11 is 0. The average molecular weight is 206 g/mol. The highest BCUT2D eigenvalue weighted by molar-refractivity contribution is 5.85. The first kappa shape index (κ1) is 11.7. The summed E-state index contributed by atoms with van der Waals surface area (Å²) in [7, 11) is 0. The number of hydrogen-bond donors (Lipinski definition) is 2. The van der Waals surface area contributed by atoms with Gasteiger partial charge in [-0.1, -0.05) is 37.3 Å². The summed E-state index contributed by atoms with van der Waals surface area (Å²) in [5, 5.41) is 2.83. The van der Waals surface area contributed by atoms with Crippen molar-refractivity contribution >= 4 is 5.91 Å². The molecule has 0 aliphatic carbocycles. The Morgan fingerprint density at radius 1 is 1.40 bits per heavy atom. The zero-order valence-corrected chi connectivity index (χ0v) is 9.29. The highest BCUT2D eigenvalue weighted by Gasteiger charge is 2.25. The Morgan fingerprint density at radius 2 is 2.00 bits per heavy atom. The number of nitrogens with one attached hydrogen (secondary N) is 1. The lowest BCUT2D eigenvalue weighted by Gasteiger charge is -2.21. The zero-order chi connectivity index (χ0) is 11.3. The number of carbonyl (C=O) groups is 1. The molecule has 3 nitrogen and oxygen atoms in total. The molecule has 3 heteroatoms. The van der Waals surface area contributed by atoms with E-state index in [0.29, 0.717) is 13.0 Å². The van der Waals surface area contributed by atoms with Crippen molar-refractivity contribution in [2.75, 3.05) is 0 Å². The molecular weight excluding hydrogens is 188 g/mol. The molecule has 1 aromatic carbocycles. The van der Waals surface area contributed by atoms with Gasteiger partial charge in [-0.2, -0.15) is 0 Å². The fraction of sp³-hybridized carbons (Fsp3) is 0.417. The van der Waals surface area contributed by atoms with Crippen LogP contribution in [-0.2, 0) is 11.3 Å². The molecule has 0 saturated heterocycles. The maximum absolute atomic E-state index is 11.6. The monoisotopic (exact) mass is 206 g/mol. The van der Waals surface area contributed by atoms with Gasteiger partial charge in [-0.05, 0) is 18.9 Å². The highest BCUT2D eigenvalue weighted by Crippen LogP contribution is 2.05. The summed E-state index contributed by atoms with van der Waals surface area (Å²) in [5.41, 5.74) is 6.12. The van der Waals surface area contributed by atoms with Gasteiger partial charge in [-0.3, -0.25) is 4.79 Å². The lowest BCUT2D eigenvalue weighted by atomic mass is 9.99. The summed E-state index contributed by atoms with van der Waals surface area (Å²) in [4.78, 5) is 11.6. The van der Waals surface area contributed by atoms with Gasteiger partial charge in [0.05, 0.1) is 5.54 Å². The Bertz CT molecular complexity index is 320. The smallest absolute Gasteiger partial charge is 0.240 e. The SMILES string of the molecule is CCC(C)(N)C(=O)NCc1ccccc1. The van der Waals surface area contributed by atoms with Crippen molar-refractivity contribution in [3.05, 3.63) is 35.9 Å². The molecular formula is C12H18N2O. The van der Waals surface area contributed by atoms with E-state index in [0.717, 1.165) is 5.56 Å². The average Bonchev–Trinajstić information content (AvgIpc) is 2.27. The first-order valence-corrected chi connectivity index (χ1v) is 5.17. The lowest BCUT2D eigenvalue weighted by molar-refractivity contribution is -0.126. The second-order valence-corrected chi connectivity index (χ2v) is 3.94. The van der Waals surface area contributed by atoms with Crippen molar-refractivity contribution in [2.45, 2.75) is 32.4 Å². The van der Waals surface area contributed by atoms with Crippen molar-refractivity contribution < 1.29 is 4.79 Å². The second kappa shape index (κ2) is 4.94. The summed E-state index contributed by atoms with van der Waals surface area (Å²) in [5.74, 6) is -0.103. The number of carbonyl (C=O) groups excluding carboxylic acids is 1. The van der Waals surface area contributed by atoms with E-state index in [2.05, 4.69) is 5.32 Å². The third kappa shape index (κ3) is 3.36. The van der Waals surface area contributed by atoms with Gasteiger partial charge in [0.15, 0.2) is 0 Å². The molecule has 0 radical (unpaired) electrons. The lowest BCUT2D eigenvalue weighted by Crippen LogP contribution is -2.50. The van der Waals surface area contributed by atoms with Crippen LogP contribution in [0.1, 0.15) is 25.8 Å². The van der Waals surface area contributed by atoms with Gasteiger partial charge in [-0.15, -0.1) is 0 Å². The van der Waals surface area contributed by atoms with Crippen LogP contribution in [0, 0.1) is 0 Å². The molecule has 0 aliphatic rings. The molecule has 0 heterocycles. The van der Waals surface area contributed by atoms with Gasteiger partial charge in [0.1, 0.15) is 0 Å². The Labute approximate surface area is 90.7 Å². The number of rotatable bonds is 4. The Balaban J connectivity index is 2.48. The second-order valence-electron chi connectivity index (χ2n) is 3.94. The Morgan fingerprint density at radius 3 is 2.53 bits per heavy atom. The molecule has 0 fully saturated rings. The zero-order valence-electron chi connectivity index (χ0n) is 9.29. The van der Waals surface area contributed by atoms with Gasteiger partial charge in [0.2, 0.25) is 5.91 Å². The van der Waals surface area contributed by atoms with E-state index < -0.39 is 5.54 Å². The molecule has 1 aromatic rings. The molecule has 0 aromatic heterocycles. The maximum atomic E-state index is 11.6. The summed E-state index contributed by atoms with van der Waals surface area (Å²) in [6.07, 6.45) is 0.633. The fourth-order valence-corrected chi connectivity index (χ4v) is 1.14. The van der Waals surface area contributed by atoms with E-state index in [1.807, 2.05) is 37.3 Å². The summed E-state index contributed by atoms with van der Waals surface area (Å²) in [6.45, 7) is 4.18. The normalized spacial score (nSPS) is 14.3. The molecule has 0 aliphatic heterocycles. The first-order chi connectivity index (χ1) is 7.06. The van der Waals surface area contributed by atoms with Crippen LogP contribution in [0.5, 0.6) is 0 Å². The molecule has 1 rings (SSSR count). The topological polar surface area (TPSA) is 55.1 Å². The highest BCUT2D eigenvalue weighted by atomic mass is 16.2. The van der Waals surface area contributed by atoms with Crippen molar-refractivity contribution in [1.82, 2.24) is 5.32 Å². The molecule has 15 heavy (non-hydrogen) atoms.